The highest BCUT2D eigenvalue weighted by Crippen LogP contribution is 2.00. The number of hydrogen-bond acceptors (Lipinski definition) is 4. The molecule has 0 aliphatic carbocycles. The maximum absolute atomic E-state index is 11.7. The third-order valence-electron chi connectivity index (χ3n) is 2.52. The van der Waals surface area contributed by atoms with Gasteiger partial charge in [-0.05, 0) is 27.2 Å². The van der Waals surface area contributed by atoms with Crippen molar-refractivity contribution in [2.24, 2.45) is 0 Å². The molecule has 0 aromatic rings. The molecule has 1 amide bonds. The van der Waals surface area contributed by atoms with Crippen LogP contribution in [0.25, 0.3) is 0 Å². The second-order valence-electron chi connectivity index (χ2n) is 5.42. The topological polar surface area (TPSA) is 58.6 Å². The first kappa shape index (κ1) is 16.9. The lowest BCUT2D eigenvalue weighted by Crippen LogP contribution is -2.39. The maximum atomic E-state index is 11.7. The van der Waals surface area contributed by atoms with Crippen molar-refractivity contribution in [1.82, 2.24) is 10.2 Å². The molecule has 0 saturated carbocycles. The van der Waals surface area contributed by atoms with Crippen LogP contribution in [-0.4, -0.2) is 49.6 Å². The molecule has 0 heterocycles. The van der Waals surface area contributed by atoms with Gasteiger partial charge < -0.3 is 15.0 Å². The van der Waals surface area contributed by atoms with Crippen molar-refractivity contribution in [3.05, 3.63) is 0 Å². The predicted octanol–water partition coefficient (Wildman–Crippen LogP) is 1.18. The van der Waals surface area contributed by atoms with Gasteiger partial charge in [0.05, 0.1) is 7.11 Å². The summed E-state index contributed by atoms with van der Waals surface area (Å²) in [6, 6.07) is 0. The largest absolute Gasteiger partial charge is 0.469 e. The standard InChI is InChI=1S/C13H26N2O3/c1-13(2,3)14-9-8-11(16)15(4)10-6-7-12(17)18-5/h14H,6-10H2,1-5H3. The first-order chi connectivity index (χ1) is 8.26. The summed E-state index contributed by atoms with van der Waals surface area (Å²) in [6.45, 7) is 7.46. The van der Waals surface area contributed by atoms with Crippen LogP contribution in [0.5, 0.6) is 0 Å². The van der Waals surface area contributed by atoms with Crippen LogP contribution in [0, 0.1) is 0 Å². The van der Waals surface area contributed by atoms with E-state index in [1.54, 1.807) is 11.9 Å². The van der Waals surface area contributed by atoms with E-state index in [-0.39, 0.29) is 17.4 Å². The van der Waals surface area contributed by atoms with E-state index in [1.807, 2.05) is 0 Å². The zero-order valence-corrected chi connectivity index (χ0v) is 12.2. The van der Waals surface area contributed by atoms with Crippen LogP contribution in [0.3, 0.4) is 0 Å². The number of ether oxygens (including phenoxy) is 1. The van der Waals surface area contributed by atoms with E-state index in [4.69, 9.17) is 0 Å². The molecular weight excluding hydrogens is 232 g/mol. The van der Waals surface area contributed by atoms with Crippen LogP contribution < -0.4 is 5.32 Å². The van der Waals surface area contributed by atoms with Crippen molar-refractivity contribution in [1.29, 1.82) is 0 Å². The molecule has 0 unspecified atom stereocenters. The quantitative estimate of drug-likeness (QED) is 0.697. The van der Waals surface area contributed by atoms with Crippen molar-refractivity contribution < 1.29 is 14.3 Å². The first-order valence-electron chi connectivity index (χ1n) is 6.32. The van der Waals surface area contributed by atoms with Crippen LogP contribution in [0.4, 0.5) is 0 Å². The van der Waals surface area contributed by atoms with Gasteiger partial charge in [0.1, 0.15) is 0 Å². The number of hydrogen-bond donors (Lipinski definition) is 1. The molecule has 0 bridgehead atoms. The van der Waals surface area contributed by atoms with Gasteiger partial charge in [0.25, 0.3) is 0 Å². The minimum absolute atomic E-state index is 0.0315. The van der Waals surface area contributed by atoms with E-state index in [0.29, 0.717) is 32.4 Å². The summed E-state index contributed by atoms with van der Waals surface area (Å²) in [4.78, 5) is 24.3. The average molecular weight is 258 g/mol. The van der Waals surface area contributed by atoms with Crippen LogP contribution in [0.15, 0.2) is 0 Å². The third kappa shape index (κ3) is 8.98. The molecule has 0 atom stereocenters. The Labute approximate surface area is 110 Å². The highest BCUT2D eigenvalue weighted by Gasteiger charge is 2.12. The van der Waals surface area contributed by atoms with Crippen LogP contribution in [0.2, 0.25) is 0 Å². The molecule has 0 radical (unpaired) electrons. The van der Waals surface area contributed by atoms with Gasteiger partial charge in [0.2, 0.25) is 5.91 Å². The van der Waals surface area contributed by atoms with E-state index in [0.717, 1.165) is 0 Å². The predicted molar refractivity (Wildman–Crippen MR) is 71.3 cm³/mol. The highest BCUT2D eigenvalue weighted by molar-refractivity contribution is 5.76. The number of methoxy groups -OCH3 is 1. The van der Waals surface area contributed by atoms with Crippen molar-refractivity contribution in [3.63, 3.8) is 0 Å². The van der Waals surface area contributed by atoms with Crippen molar-refractivity contribution in [2.45, 2.75) is 45.6 Å². The van der Waals surface area contributed by atoms with Gasteiger partial charge in [-0.2, -0.15) is 0 Å². The molecular formula is C13H26N2O3. The minimum Gasteiger partial charge on any atom is -0.469 e. The molecule has 5 nitrogen and oxygen atoms in total. The molecule has 0 saturated heterocycles. The molecule has 0 aliphatic heterocycles. The number of esters is 1. The average Bonchev–Trinajstić information content (AvgIpc) is 2.26. The van der Waals surface area contributed by atoms with E-state index in [9.17, 15) is 9.59 Å². The molecule has 106 valence electrons. The van der Waals surface area contributed by atoms with E-state index < -0.39 is 0 Å². The Kier molecular flexibility index (Phi) is 7.59. The van der Waals surface area contributed by atoms with Crippen molar-refractivity contribution in [3.8, 4) is 0 Å². The Morgan fingerprint density at radius 2 is 1.83 bits per heavy atom. The smallest absolute Gasteiger partial charge is 0.305 e. The molecule has 5 heteroatoms. The molecule has 0 rings (SSSR count). The Hall–Kier alpha value is -1.10. The monoisotopic (exact) mass is 258 g/mol. The van der Waals surface area contributed by atoms with Gasteiger partial charge in [0, 0.05) is 38.5 Å². The van der Waals surface area contributed by atoms with Gasteiger partial charge in [-0.25, -0.2) is 0 Å². The van der Waals surface area contributed by atoms with E-state index in [1.165, 1.54) is 7.11 Å². The van der Waals surface area contributed by atoms with Gasteiger partial charge >= 0.3 is 5.97 Å². The number of nitrogens with zero attached hydrogens (tertiary/aromatic N) is 1. The second kappa shape index (κ2) is 8.08. The summed E-state index contributed by atoms with van der Waals surface area (Å²) in [5.41, 5.74) is 0.0315. The van der Waals surface area contributed by atoms with Crippen molar-refractivity contribution in [2.75, 3.05) is 27.2 Å². The number of rotatable bonds is 7. The number of carbonyl (C=O) groups is 2. The van der Waals surface area contributed by atoms with Gasteiger partial charge in [-0.15, -0.1) is 0 Å². The van der Waals surface area contributed by atoms with Gasteiger partial charge in [-0.1, -0.05) is 0 Å². The lowest BCUT2D eigenvalue weighted by Gasteiger charge is -2.22. The second-order valence-corrected chi connectivity index (χ2v) is 5.42. The Balaban J connectivity index is 3.73. The molecule has 0 fully saturated rings. The SMILES string of the molecule is COC(=O)CCCN(C)C(=O)CCNC(C)(C)C. The summed E-state index contributed by atoms with van der Waals surface area (Å²) in [6.07, 6.45) is 1.47. The van der Waals surface area contributed by atoms with Crippen molar-refractivity contribution >= 4 is 11.9 Å². The zero-order chi connectivity index (χ0) is 14.2. The van der Waals surface area contributed by atoms with E-state index in [2.05, 4.69) is 30.8 Å². The third-order valence-corrected chi connectivity index (χ3v) is 2.52. The normalized spacial score (nSPS) is 11.2. The van der Waals surface area contributed by atoms with Gasteiger partial charge in [-0.3, -0.25) is 9.59 Å². The minimum atomic E-state index is -0.231. The Morgan fingerprint density at radius 3 is 2.33 bits per heavy atom. The fourth-order valence-electron chi connectivity index (χ4n) is 1.42. The summed E-state index contributed by atoms with van der Waals surface area (Å²) in [7, 11) is 3.13. The summed E-state index contributed by atoms with van der Waals surface area (Å²) in [5, 5.41) is 3.27. The fraction of sp³-hybridized carbons (Fsp3) is 0.846. The fourth-order valence-corrected chi connectivity index (χ4v) is 1.42. The summed E-state index contributed by atoms with van der Waals surface area (Å²) in [5.74, 6) is -0.137. The maximum Gasteiger partial charge on any atom is 0.305 e. The number of amides is 1. The Bertz CT molecular complexity index is 272. The van der Waals surface area contributed by atoms with Crippen LogP contribution in [0.1, 0.15) is 40.0 Å². The van der Waals surface area contributed by atoms with E-state index >= 15 is 0 Å². The first-order valence-corrected chi connectivity index (χ1v) is 6.32. The lowest BCUT2D eigenvalue weighted by molar-refractivity contribution is -0.141. The molecule has 0 aromatic heterocycles. The molecule has 1 N–H and O–H groups in total. The zero-order valence-electron chi connectivity index (χ0n) is 12.2. The highest BCUT2D eigenvalue weighted by atomic mass is 16.5. The molecule has 0 spiro atoms. The van der Waals surface area contributed by atoms with Crippen LogP contribution >= 0.6 is 0 Å². The number of nitrogens with one attached hydrogen (secondary N) is 1. The molecule has 0 aromatic carbocycles. The Morgan fingerprint density at radius 1 is 1.22 bits per heavy atom. The summed E-state index contributed by atoms with van der Waals surface area (Å²) >= 11 is 0. The molecule has 18 heavy (non-hydrogen) atoms. The number of carbonyl (C=O) groups excluding carboxylic acids is 2. The molecule has 0 aliphatic rings. The van der Waals surface area contributed by atoms with Gasteiger partial charge in [0.15, 0.2) is 0 Å². The lowest BCUT2D eigenvalue weighted by atomic mass is 10.1. The summed E-state index contributed by atoms with van der Waals surface area (Å²) < 4.78 is 4.54. The van der Waals surface area contributed by atoms with Crippen LogP contribution in [-0.2, 0) is 14.3 Å².